The van der Waals surface area contributed by atoms with Gasteiger partial charge in [-0.1, -0.05) is 23.8 Å². The average molecular weight is 275 g/mol. The molecule has 0 fully saturated rings. The van der Waals surface area contributed by atoms with Crippen molar-refractivity contribution in [2.75, 3.05) is 31.7 Å². The van der Waals surface area contributed by atoms with Crippen molar-refractivity contribution in [3.05, 3.63) is 17.4 Å². The lowest BCUT2D eigenvalue weighted by atomic mass is 10.4. The van der Waals surface area contributed by atoms with Crippen LogP contribution in [0, 0.1) is 0 Å². The molecule has 2 N–H and O–H groups in total. The third-order valence-electron chi connectivity index (χ3n) is 2.08. The lowest BCUT2D eigenvalue weighted by molar-refractivity contribution is 0.205. The highest BCUT2D eigenvalue weighted by molar-refractivity contribution is 7.80. The summed E-state index contributed by atoms with van der Waals surface area (Å²) in [6, 6.07) is 0. The number of rotatable bonds is 7. The highest BCUT2D eigenvalue weighted by Gasteiger charge is 2.09. The van der Waals surface area contributed by atoms with Gasteiger partial charge in [-0.25, -0.2) is 9.97 Å². The number of anilines is 1. The van der Waals surface area contributed by atoms with Crippen molar-refractivity contribution in [2.24, 2.45) is 5.73 Å². The first-order chi connectivity index (χ1) is 8.13. The first-order valence-corrected chi connectivity index (χ1v) is 5.92. The van der Waals surface area contributed by atoms with Crippen LogP contribution >= 0.6 is 23.8 Å². The molecule has 0 radical (unpaired) electrons. The van der Waals surface area contributed by atoms with Crippen LogP contribution in [0.1, 0.15) is 6.42 Å². The Balaban J connectivity index is 2.67. The van der Waals surface area contributed by atoms with E-state index in [-0.39, 0.29) is 0 Å². The quantitative estimate of drug-likeness (QED) is 0.755. The molecule has 0 aliphatic rings. The largest absolute Gasteiger partial charge is 0.393 e. The van der Waals surface area contributed by atoms with E-state index in [0.717, 1.165) is 0 Å². The molecule has 17 heavy (non-hydrogen) atoms. The van der Waals surface area contributed by atoms with E-state index in [2.05, 4.69) is 9.97 Å². The van der Waals surface area contributed by atoms with E-state index >= 15 is 0 Å². The normalized spacial score (nSPS) is 10.2. The molecule has 0 amide bonds. The Bertz CT molecular complexity index is 360. The molecule has 5 nitrogen and oxygen atoms in total. The van der Waals surface area contributed by atoms with Gasteiger partial charge in [0.2, 0.25) is 5.95 Å². The van der Waals surface area contributed by atoms with Gasteiger partial charge in [-0.3, -0.25) is 0 Å². The monoisotopic (exact) mass is 274 g/mol. The molecule has 7 heteroatoms. The second kappa shape index (κ2) is 7.37. The van der Waals surface area contributed by atoms with Crippen LogP contribution in [0.15, 0.2) is 12.4 Å². The third-order valence-corrected chi connectivity index (χ3v) is 2.48. The van der Waals surface area contributed by atoms with Crippen LogP contribution in [0.2, 0.25) is 5.02 Å². The fraction of sp³-hybridized carbons (Fsp3) is 0.500. The molecule has 0 atom stereocenters. The molecule has 0 aliphatic carbocycles. The second-order valence-corrected chi connectivity index (χ2v) is 4.36. The predicted octanol–water partition coefficient (Wildman–Crippen LogP) is 1.26. The predicted molar refractivity (Wildman–Crippen MR) is 72.5 cm³/mol. The van der Waals surface area contributed by atoms with Crippen molar-refractivity contribution < 1.29 is 4.74 Å². The minimum Gasteiger partial charge on any atom is -0.393 e. The number of thiocarbonyl (C=S) groups is 1. The minimum absolute atomic E-state index is 0.474. The first kappa shape index (κ1) is 14.1. The number of hydrogen-bond donors (Lipinski definition) is 1. The third kappa shape index (κ3) is 5.25. The van der Waals surface area contributed by atoms with E-state index in [9.17, 15) is 0 Å². The van der Waals surface area contributed by atoms with Crippen molar-refractivity contribution in [3.8, 4) is 0 Å². The summed E-state index contributed by atoms with van der Waals surface area (Å²) in [4.78, 5) is 10.7. The lowest BCUT2D eigenvalue weighted by Gasteiger charge is -2.21. The Kier molecular flexibility index (Phi) is 6.10. The molecular formula is C10H15ClN4OS. The summed E-state index contributed by atoms with van der Waals surface area (Å²) in [7, 11) is 1.65. The van der Waals surface area contributed by atoms with Crippen molar-refractivity contribution in [1.82, 2.24) is 9.97 Å². The van der Waals surface area contributed by atoms with Crippen molar-refractivity contribution in [1.29, 1.82) is 0 Å². The van der Waals surface area contributed by atoms with Gasteiger partial charge in [0.1, 0.15) is 0 Å². The zero-order valence-electron chi connectivity index (χ0n) is 9.60. The van der Waals surface area contributed by atoms with Gasteiger partial charge in [0, 0.05) is 26.6 Å². The van der Waals surface area contributed by atoms with E-state index in [1.54, 1.807) is 19.5 Å². The van der Waals surface area contributed by atoms with Crippen LogP contribution < -0.4 is 10.6 Å². The van der Waals surface area contributed by atoms with Crippen molar-refractivity contribution in [3.63, 3.8) is 0 Å². The van der Waals surface area contributed by atoms with Crippen LogP contribution in [-0.4, -0.2) is 41.8 Å². The zero-order valence-corrected chi connectivity index (χ0v) is 11.2. The summed E-state index contributed by atoms with van der Waals surface area (Å²) in [6.07, 6.45) is 3.74. The van der Waals surface area contributed by atoms with Crippen LogP contribution in [0.4, 0.5) is 5.95 Å². The number of hydrogen-bond acceptors (Lipinski definition) is 5. The molecule has 0 spiro atoms. The fourth-order valence-corrected chi connectivity index (χ4v) is 1.42. The minimum atomic E-state index is 0.474. The number of nitrogens with zero attached hydrogens (tertiary/aromatic N) is 3. The van der Waals surface area contributed by atoms with Gasteiger partial charge >= 0.3 is 0 Å². The maximum Gasteiger partial charge on any atom is 0.225 e. The highest BCUT2D eigenvalue weighted by Crippen LogP contribution is 2.10. The molecule has 94 valence electrons. The van der Waals surface area contributed by atoms with Crippen molar-refractivity contribution >= 4 is 34.8 Å². The maximum atomic E-state index is 5.74. The van der Waals surface area contributed by atoms with Crippen LogP contribution in [-0.2, 0) is 4.74 Å². The molecule has 1 heterocycles. The van der Waals surface area contributed by atoms with Gasteiger partial charge < -0.3 is 15.4 Å². The summed E-state index contributed by atoms with van der Waals surface area (Å²) in [5.41, 5.74) is 5.48. The SMILES string of the molecule is COCCN(CCC(N)=S)c1ncc(Cl)cn1. The van der Waals surface area contributed by atoms with Gasteiger partial charge in [-0.15, -0.1) is 0 Å². The van der Waals surface area contributed by atoms with E-state index < -0.39 is 0 Å². The van der Waals surface area contributed by atoms with Crippen molar-refractivity contribution in [2.45, 2.75) is 6.42 Å². The Labute approximate surface area is 111 Å². The molecule has 1 aromatic heterocycles. The summed E-state index contributed by atoms with van der Waals surface area (Å²) in [5.74, 6) is 0.600. The summed E-state index contributed by atoms with van der Waals surface area (Å²) in [6.45, 7) is 1.93. The molecule has 0 aromatic carbocycles. The smallest absolute Gasteiger partial charge is 0.225 e. The Morgan fingerprint density at radius 3 is 2.65 bits per heavy atom. The lowest BCUT2D eigenvalue weighted by Crippen LogP contribution is -2.32. The van der Waals surface area contributed by atoms with Crippen LogP contribution in [0.25, 0.3) is 0 Å². The second-order valence-electron chi connectivity index (χ2n) is 3.40. The van der Waals surface area contributed by atoms with E-state index in [1.807, 2.05) is 4.90 Å². The number of ether oxygens (including phenoxy) is 1. The molecule has 0 saturated heterocycles. The van der Waals surface area contributed by atoms with E-state index in [1.165, 1.54) is 0 Å². The molecule has 1 aromatic rings. The molecule has 0 saturated carbocycles. The van der Waals surface area contributed by atoms with Gasteiger partial charge in [-0.05, 0) is 0 Å². The zero-order chi connectivity index (χ0) is 12.7. The summed E-state index contributed by atoms with van der Waals surface area (Å²) in [5, 5.41) is 0.509. The number of nitrogens with two attached hydrogens (primary N) is 1. The summed E-state index contributed by atoms with van der Waals surface area (Å²) < 4.78 is 5.04. The Hall–Kier alpha value is -0.980. The molecule has 0 aliphatic heterocycles. The number of halogens is 1. The summed E-state index contributed by atoms with van der Waals surface area (Å²) >= 11 is 10.6. The maximum absolute atomic E-state index is 5.74. The Morgan fingerprint density at radius 2 is 2.12 bits per heavy atom. The van der Waals surface area contributed by atoms with E-state index in [4.69, 9.17) is 34.3 Å². The molecule has 1 rings (SSSR count). The van der Waals surface area contributed by atoms with Crippen LogP contribution in [0.3, 0.4) is 0 Å². The van der Waals surface area contributed by atoms with Crippen LogP contribution in [0.5, 0.6) is 0 Å². The first-order valence-electron chi connectivity index (χ1n) is 5.13. The Morgan fingerprint density at radius 1 is 1.47 bits per heavy atom. The van der Waals surface area contributed by atoms with Gasteiger partial charge in [-0.2, -0.15) is 0 Å². The standard InChI is InChI=1S/C10H15ClN4OS/c1-16-5-4-15(3-2-9(12)17)10-13-6-8(11)7-14-10/h6-7H,2-5H2,1H3,(H2,12,17). The van der Waals surface area contributed by atoms with E-state index in [0.29, 0.717) is 42.1 Å². The highest BCUT2D eigenvalue weighted by atomic mass is 35.5. The fourth-order valence-electron chi connectivity index (χ4n) is 1.23. The number of aromatic nitrogens is 2. The average Bonchev–Trinajstić information content (AvgIpc) is 2.30. The molecular weight excluding hydrogens is 260 g/mol. The van der Waals surface area contributed by atoms with Gasteiger partial charge in [0.15, 0.2) is 0 Å². The number of methoxy groups -OCH3 is 1. The van der Waals surface area contributed by atoms with Gasteiger partial charge in [0.25, 0.3) is 0 Å². The van der Waals surface area contributed by atoms with Gasteiger partial charge in [0.05, 0.1) is 29.0 Å². The topological polar surface area (TPSA) is 64.3 Å². The molecule has 0 unspecified atom stereocenters. The molecule has 0 bridgehead atoms.